The van der Waals surface area contributed by atoms with Gasteiger partial charge in [-0.05, 0) is 37.0 Å². The van der Waals surface area contributed by atoms with Crippen molar-refractivity contribution in [3.63, 3.8) is 0 Å². The molecule has 1 aromatic rings. The third-order valence-corrected chi connectivity index (χ3v) is 3.06. The lowest BCUT2D eigenvalue weighted by Gasteiger charge is -2.23. The number of anilines is 1. The van der Waals surface area contributed by atoms with Crippen LogP contribution < -0.4 is 15.7 Å². The fourth-order valence-electron chi connectivity index (χ4n) is 1.68. The molecule has 0 bridgehead atoms. The van der Waals surface area contributed by atoms with Crippen molar-refractivity contribution >= 4 is 17.7 Å². The van der Waals surface area contributed by atoms with Gasteiger partial charge in [0.15, 0.2) is 0 Å². The summed E-state index contributed by atoms with van der Waals surface area (Å²) >= 11 is 0. The van der Waals surface area contributed by atoms with Gasteiger partial charge >= 0.3 is 6.03 Å². The topological polar surface area (TPSA) is 81.3 Å². The molecule has 1 rings (SSSR count). The summed E-state index contributed by atoms with van der Waals surface area (Å²) in [6.45, 7) is 7.25. The van der Waals surface area contributed by atoms with E-state index in [2.05, 4.69) is 10.6 Å². The van der Waals surface area contributed by atoms with E-state index in [1.807, 2.05) is 26.0 Å². The maximum absolute atomic E-state index is 11.8. The Kier molecular flexibility index (Phi) is 4.92. The van der Waals surface area contributed by atoms with Crippen LogP contribution in [-0.4, -0.2) is 18.0 Å². The van der Waals surface area contributed by atoms with Gasteiger partial charge in [0.2, 0.25) is 0 Å². The Labute approximate surface area is 113 Å². The van der Waals surface area contributed by atoms with Crippen LogP contribution in [0, 0.1) is 19.8 Å². The molecule has 0 saturated heterocycles. The van der Waals surface area contributed by atoms with E-state index in [0.29, 0.717) is 5.69 Å². The van der Waals surface area contributed by atoms with Gasteiger partial charge in [0.05, 0.1) is 12.0 Å². The predicted octanol–water partition coefficient (Wildman–Crippen LogP) is 1.20. The van der Waals surface area contributed by atoms with Crippen LogP contribution in [-0.2, 0) is 4.79 Å². The predicted molar refractivity (Wildman–Crippen MR) is 71.7 cm³/mol. The van der Waals surface area contributed by atoms with Crippen molar-refractivity contribution in [1.82, 2.24) is 5.32 Å². The first-order valence-corrected chi connectivity index (χ1v) is 6.17. The van der Waals surface area contributed by atoms with E-state index in [-0.39, 0.29) is 5.92 Å². The zero-order valence-electron chi connectivity index (χ0n) is 11.6. The van der Waals surface area contributed by atoms with E-state index in [1.165, 1.54) is 0 Å². The third-order valence-electron chi connectivity index (χ3n) is 3.06. The molecule has 0 unspecified atom stereocenters. The highest BCUT2D eigenvalue weighted by molar-refractivity contribution is 5.92. The van der Waals surface area contributed by atoms with Gasteiger partial charge in [0.25, 0.3) is 0 Å². The van der Waals surface area contributed by atoms with Crippen molar-refractivity contribution in [2.75, 3.05) is 5.32 Å². The summed E-state index contributed by atoms with van der Waals surface area (Å²) in [5.41, 5.74) is 2.67. The molecule has 5 nitrogen and oxygen atoms in total. The van der Waals surface area contributed by atoms with Crippen molar-refractivity contribution in [3.05, 3.63) is 29.3 Å². The first-order chi connectivity index (χ1) is 8.82. The van der Waals surface area contributed by atoms with Gasteiger partial charge in [-0.3, -0.25) is 0 Å². The van der Waals surface area contributed by atoms with Crippen molar-refractivity contribution in [2.24, 2.45) is 5.92 Å². The Morgan fingerprint density at radius 1 is 1.21 bits per heavy atom. The summed E-state index contributed by atoms with van der Waals surface area (Å²) in [5, 5.41) is 15.9. The second-order valence-electron chi connectivity index (χ2n) is 4.89. The van der Waals surface area contributed by atoms with Crippen molar-refractivity contribution < 1.29 is 14.7 Å². The smallest absolute Gasteiger partial charge is 0.319 e. The highest BCUT2D eigenvalue weighted by Crippen LogP contribution is 2.17. The first-order valence-electron chi connectivity index (χ1n) is 6.17. The minimum Gasteiger partial charge on any atom is -0.548 e. The van der Waals surface area contributed by atoms with Gasteiger partial charge in [0.1, 0.15) is 0 Å². The first kappa shape index (κ1) is 15.0. The summed E-state index contributed by atoms with van der Waals surface area (Å²) in [4.78, 5) is 22.7. The highest BCUT2D eigenvalue weighted by Gasteiger charge is 2.17. The van der Waals surface area contributed by atoms with Gasteiger partial charge in [-0.15, -0.1) is 0 Å². The van der Waals surface area contributed by atoms with Crippen LogP contribution in [0.5, 0.6) is 0 Å². The summed E-state index contributed by atoms with van der Waals surface area (Å²) < 4.78 is 0. The molecule has 5 heteroatoms. The minimum atomic E-state index is -1.29. The molecular weight excluding hydrogens is 244 g/mol. The lowest BCUT2D eigenvalue weighted by atomic mass is 10.1. The van der Waals surface area contributed by atoms with E-state index < -0.39 is 18.0 Å². The van der Waals surface area contributed by atoms with E-state index >= 15 is 0 Å². The monoisotopic (exact) mass is 263 g/mol. The SMILES string of the molecule is Cc1cccc(NC(=O)N[C@H](C(=O)[O-])C(C)C)c1C. The summed E-state index contributed by atoms with van der Waals surface area (Å²) in [7, 11) is 0. The lowest BCUT2D eigenvalue weighted by molar-refractivity contribution is -0.309. The van der Waals surface area contributed by atoms with Crippen LogP contribution >= 0.6 is 0 Å². The van der Waals surface area contributed by atoms with Gasteiger partial charge < -0.3 is 20.5 Å². The van der Waals surface area contributed by atoms with Crippen LogP contribution in [0.1, 0.15) is 25.0 Å². The van der Waals surface area contributed by atoms with Crippen LogP contribution in [0.15, 0.2) is 18.2 Å². The summed E-state index contributed by atoms with van der Waals surface area (Å²) in [6.07, 6.45) is 0. The molecule has 0 aliphatic heterocycles. The molecule has 0 aromatic heterocycles. The second kappa shape index (κ2) is 6.22. The molecule has 19 heavy (non-hydrogen) atoms. The molecule has 2 N–H and O–H groups in total. The van der Waals surface area contributed by atoms with Crippen LogP contribution in [0.2, 0.25) is 0 Å². The number of carboxylic acid groups (broad SMARTS) is 1. The number of urea groups is 1. The van der Waals surface area contributed by atoms with Crippen LogP contribution in [0.4, 0.5) is 10.5 Å². The number of carbonyl (C=O) groups is 2. The van der Waals surface area contributed by atoms with Gasteiger partial charge in [-0.1, -0.05) is 26.0 Å². The fourth-order valence-corrected chi connectivity index (χ4v) is 1.68. The Bertz CT molecular complexity index is 484. The zero-order chi connectivity index (χ0) is 14.6. The number of nitrogens with one attached hydrogen (secondary N) is 2. The fraction of sp³-hybridized carbons (Fsp3) is 0.429. The molecule has 0 aliphatic rings. The van der Waals surface area contributed by atoms with E-state index in [0.717, 1.165) is 11.1 Å². The van der Waals surface area contributed by atoms with Gasteiger partial charge in [-0.2, -0.15) is 0 Å². The number of benzene rings is 1. The molecule has 0 spiro atoms. The van der Waals surface area contributed by atoms with Gasteiger partial charge in [0, 0.05) is 5.69 Å². The molecule has 0 radical (unpaired) electrons. The normalized spacial score (nSPS) is 12.1. The Hall–Kier alpha value is -2.04. The highest BCUT2D eigenvalue weighted by atomic mass is 16.4. The number of aliphatic carboxylic acids is 1. The number of amides is 2. The molecule has 1 atom stereocenters. The molecule has 0 heterocycles. The molecule has 2 amide bonds. The minimum absolute atomic E-state index is 0.241. The van der Waals surface area contributed by atoms with Crippen molar-refractivity contribution in [1.29, 1.82) is 0 Å². The van der Waals surface area contributed by atoms with Crippen LogP contribution in [0.25, 0.3) is 0 Å². The number of aryl methyl sites for hydroxylation is 1. The molecular formula is C14H19N2O3-. The van der Waals surface area contributed by atoms with Gasteiger partial charge in [-0.25, -0.2) is 4.79 Å². The second-order valence-corrected chi connectivity index (χ2v) is 4.89. The maximum Gasteiger partial charge on any atom is 0.319 e. The van der Waals surface area contributed by atoms with E-state index in [1.54, 1.807) is 19.9 Å². The van der Waals surface area contributed by atoms with Crippen molar-refractivity contribution in [2.45, 2.75) is 33.7 Å². The lowest BCUT2D eigenvalue weighted by Crippen LogP contribution is -2.52. The number of hydrogen-bond donors (Lipinski definition) is 2. The van der Waals surface area contributed by atoms with Crippen LogP contribution in [0.3, 0.4) is 0 Å². The number of hydrogen-bond acceptors (Lipinski definition) is 3. The largest absolute Gasteiger partial charge is 0.548 e. The van der Waals surface area contributed by atoms with E-state index in [4.69, 9.17) is 0 Å². The average molecular weight is 263 g/mol. The molecule has 1 aromatic carbocycles. The number of carbonyl (C=O) groups excluding carboxylic acids is 2. The molecule has 0 aliphatic carbocycles. The third kappa shape index (κ3) is 3.98. The van der Waals surface area contributed by atoms with Crippen molar-refractivity contribution in [3.8, 4) is 0 Å². The zero-order valence-corrected chi connectivity index (χ0v) is 11.6. The Balaban J connectivity index is 2.75. The molecule has 104 valence electrons. The molecule has 0 saturated carbocycles. The summed E-state index contributed by atoms with van der Waals surface area (Å²) in [5.74, 6) is -1.53. The van der Waals surface area contributed by atoms with E-state index in [9.17, 15) is 14.7 Å². The Morgan fingerprint density at radius 2 is 1.84 bits per heavy atom. The number of carboxylic acids is 1. The standard InChI is InChI=1S/C14H20N2O3/c1-8(2)12(13(17)18)16-14(19)15-11-7-5-6-9(3)10(11)4/h5-8,12H,1-4H3,(H,17,18)(H2,15,16,19)/p-1/t12-/m0/s1. The quantitative estimate of drug-likeness (QED) is 0.856. The Morgan fingerprint density at radius 3 is 2.37 bits per heavy atom. The molecule has 0 fully saturated rings. The average Bonchev–Trinajstić information content (AvgIpc) is 2.31. The summed E-state index contributed by atoms with van der Waals surface area (Å²) in [6, 6.07) is 3.99. The number of rotatable bonds is 4. The maximum atomic E-state index is 11.8.